The Bertz CT molecular complexity index is 349. The molecule has 0 atom stereocenters. The molecule has 0 radical (unpaired) electrons. The van der Waals surface area contributed by atoms with Crippen molar-refractivity contribution in [3.05, 3.63) is 11.3 Å². The van der Waals surface area contributed by atoms with Gasteiger partial charge < -0.3 is 5.32 Å². The van der Waals surface area contributed by atoms with E-state index in [0.717, 1.165) is 16.3 Å². The Morgan fingerprint density at radius 3 is 2.43 bits per heavy atom. The van der Waals surface area contributed by atoms with Crippen LogP contribution < -0.4 is 5.32 Å². The quantitative estimate of drug-likeness (QED) is 0.766. The third-order valence-corrected chi connectivity index (χ3v) is 2.56. The lowest BCUT2D eigenvalue weighted by molar-refractivity contribution is 0.101. The molecule has 0 aliphatic heterocycles. The molecule has 1 N–H and O–H groups in total. The molecule has 0 aliphatic rings. The summed E-state index contributed by atoms with van der Waals surface area (Å²) in [7, 11) is 0. The van der Waals surface area contributed by atoms with Crippen LogP contribution in [0.1, 0.15) is 43.7 Å². The monoisotopic (exact) mass is 212 g/mol. The molecule has 0 saturated heterocycles. The number of aryl methyl sites for hydroxylation is 1. The van der Waals surface area contributed by atoms with E-state index in [1.807, 2.05) is 6.92 Å². The van der Waals surface area contributed by atoms with Crippen molar-refractivity contribution in [3.8, 4) is 0 Å². The van der Waals surface area contributed by atoms with Gasteiger partial charge in [-0.1, -0.05) is 0 Å². The number of aromatic nitrogens is 1. The summed E-state index contributed by atoms with van der Waals surface area (Å²) in [6.45, 7) is 9.62. The van der Waals surface area contributed by atoms with Crippen LogP contribution in [0.4, 0.5) is 5.00 Å². The minimum atomic E-state index is -0.0385. The van der Waals surface area contributed by atoms with Crippen LogP contribution in [0.2, 0.25) is 0 Å². The van der Waals surface area contributed by atoms with Crippen LogP contribution >= 0.6 is 11.5 Å². The molecule has 78 valence electrons. The van der Waals surface area contributed by atoms with Crippen LogP contribution in [-0.2, 0) is 0 Å². The molecule has 0 unspecified atom stereocenters. The highest BCUT2D eigenvalue weighted by Crippen LogP contribution is 2.27. The molecule has 14 heavy (non-hydrogen) atoms. The van der Waals surface area contributed by atoms with Gasteiger partial charge in [0.15, 0.2) is 5.78 Å². The summed E-state index contributed by atoms with van der Waals surface area (Å²) in [6, 6.07) is 0. The highest BCUT2D eigenvalue weighted by Gasteiger charge is 2.18. The Kier molecular flexibility index (Phi) is 2.95. The number of rotatable bonds is 2. The molecule has 1 aromatic heterocycles. The third-order valence-electron chi connectivity index (χ3n) is 1.70. The van der Waals surface area contributed by atoms with E-state index in [0.29, 0.717) is 0 Å². The predicted molar refractivity (Wildman–Crippen MR) is 60.2 cm³/mol. The Balaban J connectivity index is 3.04. The summed E-state index contributed by atoms with van der Waals surface area (Å²) in [6.07, 6.45) is 0. The predicted octanol–water partition coefficient (Wildman–Crippen LogP) is 2.86. The van der Waals surface area contributed by atoms with Crippen molar-refractivity contribution in [2.24, 2.45) is 0 Å². The molecule has 0 spiro atoms. The minimum absolute atomic E-state index is 0.0385. The summed E-state index contributed by atoms with van der Waals surface area (Å²) < 4.78 is 4.18. The van der Waals surface area contributed by atoms with E-state index in [4.69, 9.17) is 0 Å². The van der Waals surface area contributed by atoms with Crippen LogP contribution in [0.25, 0.3) is 0 Å². The Labute approximate surface area is 88.7 Å². The van der Waals surface area contributed by atoms with E-state index in [1.54, 1.807) is 6.92 Å². The first-order valence-corrected chi connectivity index (χ1v) is 5.34. The minimum Gasteiger partial charge on any atom is -0.370 e. The van der Waals surface area contributed by atoms with E-state index in [-0.39, 0.29) is 11.3 Å². The number of Topliss-reactive ketones (excluding diaryl/α,β-unsaturated/α-hetero) is 1. The molecule has 1 rings (SSSR count). The van der Waals surface area contributed by atoms with Gasteiger partial charge >= 0.3 is 0 Å². The number of nitrogens with zero attached hydrogens (tertiary/aromatic N) is 1. The van der Waals surface area contributed by atoms with Crippen LogP contribution in [0.15, 0.2) is 0 Å². The SMILES string of the molecule is CC(=O)c1c(C)nsc1NC(C)(C)C. The summed E-state index contributed by atoms with van der Waals surface area (Å²) in [4.78, 5) is 11.4. The van der Waals surface area contributed by atoms with Crippen molar-refractivity contribution >= 4 is 22.3 Å². The van der Waals surface area contributed by atoms with E-state index in [1.165, 1.54) is 11.5 Å². The maximum Gasteiger partial charge on any atom is 0.164 e. The van der Waals surface area contributed by atoms with Gasteiger partial charge in [0.2, 0.25) is 0 Å². The molecule has 0 aromatic carbocycles. The molecule has 0 aliphatic carbocycles. The van der Waals surface area contributed by atoms with Crippen LogP contribution in [0.5, 0.6) is 0 Å². The van der Waals surface area contributed by atoms with E-state index in [9.17, 15) is 4.79 Å². The number of nitrogens with one attached hydrogen (secondary N) is 1. The van der Waals surface area contributed by atoms with Gasteiger partial charge in [-0.2, -0.15) is 4.37 Å². The highest BCUT2D eigenvalue weighted by molar-refractivity contribution is 7.10. The van der Waals surface area contributed by atoms with Gasteiger partial charge in [-0.3, -0.25) is 4.79 Å². The van der Waals surface area contributed by atoms with Crippen LogP contribution in [0, 0.1) is 6.92 Å². The van der Waals surface area contributed by atoms with Crippen molar-refractivity contribution in [1.82, 2.24) is 4.37 Å². The van der Waals surface area contributed by atoms with Gasteiger partial charge in [-0.05, 0) is 46.2 Å². The Morgan fingerprint density at radius 2 is 2.00 bits per heavy atom. The van der Waals surface area contributed by atoms with Gasteiger partial charge in [-0.15, -0.1) is 0 Å². The molecular formula is C10H16N2OS. The van der Waals surface area contributed by atoms with Crippen molar-refractivity contribution in [1.29, 1.82) is 0 Å². The second-order valence-corrected chi connectivity index (χ2v) is 5.18. The molecule has 1 aromatic rings. The molecule has 0 bridgehead atoms. The highest BCUT2D eigenvalue weighted by atomic mass is 32.1. The molecule has 0 fully saturated rings. The zero-order valence-electron chi connectivity index (χ0n) is 9.26. The second-order valence-electron chi connectivity index (χ2n) is 4.40. The van der Waals surface area contributed by atoms with Crippen LogP contribution in [-0.4, -0.2) is 15.7 Å². The topological polar surface area (TPSA) is 42.0 Å². The summed E-state index contributed by atoms with van der Waals surface area (Å²) in [5.41, 5.74) is 1.50. The van der Waals surface area contributed by atoms with Gasteiger partial charge in [0.1, 0.15) is 5.00 Å². The van der Waals surface area contributed by atoms with Crippen molar-refractivity contribution in [2.45, 2.75) is 40.2 Å². The molecule has 3 nitrogen and oxygen atoms in total. The van der Waals surface area contributed by atoms with Gasteiger partial charge in [0.25, 0.3) is 0 Å². The average molecular weight is 212 g/mol. The summed E-state index contributed by atoms with van der Waals surface area (Å²) >= 11 is 1.35. The smallest absolute Gasteiger partial charge is 0.164 e. The number of anilines is 1. The number of hydrogen-bond acceptors (Lipinski definition) is 4. The van der Waals surface area contributed by atoms with Gasteiger partial charge in [0, 0.05) is 5.54 Å². The van der Waals surface area contributed by atoms with Crippen molar-refractivity contribution in [2.75, 3.05) is 5.32 Å². The average Bonchev–Trinajstić information content (AvgIpc) is 2.27. The summed E-state index contributed by atoms with van der Waals surface area (Å²) in [5.74, 6) is 0.0722. The number of carbonyl (C=O) groups excluding carboxylic acids is 1. The van der Waals surface area contributed by atoms with Crippen molar-refractivity contribution < 1.29 is 4.79 Å². The van der Waals surface area contributed by atoms with Crippen LogP contribution in [0.3, 0.4) is 0 Å². The first kappa shape index (κ1) is 11.2. The molecular weight excluding hydrogens is 196 g/mol. The first-order chi connectivity index (χ1) is 6.31. The molecule has 0 saturated carbocycles. The maximum absolute atomic E-state index is 11.4. The fourth-order valence-electron chi connectivity index (χ4n) is 1.21. The van der Waals surface area contributed by atoms with Crippen molar-refractivity contribution in [3.63, 3.8) is 0 Å². The first-order valence-electron chi connectivity index (χ1n) is 4.56. The third kappa shape index (κ3) is 2.54. The number of ketones is 1. The lowest BCUT2D eigenvalue weighted by Crippen LogP contribution is -2.26. The molecule has 0 amide bonds. The maximum atomic E-state index is 11.4. The molecule has 4 heteroatoms. The number of carbonyl (C=O) groups is 1. The zero-order chi connectivity index (χ0) is 10.9. The van der Waals surface area contributed by atoms with E-state index < -0.39 is 0 Å². The summed E-state index contributed by atoms with van der Waals surface area (Å²) in [5, 5.41) is 4.16. The van der Waals surface area contributed by atoms with Gasteiger partial charge in [0.05, 0.1) is 11.3 Å². The fraction of sp³-hybridized carbons (Fsp3) is 0.600. The lowest BCUT2D eigenvalue weighted by atomic mass is 10.1. The second kappa shape index (κ2) is 3.69. The Morgan fingerprint density at radius 1 is 1.43 bits per heavy atom. The fourth-order valence-corrected chi connectivity index (χ4v) is 2.26. The zero-order valence-corrected chi connectivity index (χ0v) is 10.1. The standard InChI is InChI=1S/C10H16N2OS/c1-6-8(7(2)13)9(14-12-6)11-10(3,4)5/h11H,1-5H3. The largest absolute Gasteiger partial charge is 0.370 e. The number of hydrogen-bond donors (Lipinski definition) is 1. The normalized spacial score (nSPS) is 11.5. The van der Waals surface area contributed by atoms with E-state index in [2.05, 4.69) is 30.5 Å². The molecule has 1 heterocycles. The Hall–Kier alpha value is -0.900. The van der Waals surface area contributed by atoms with Gasteiger partial charge in [-0.25, -0.2) is 0 Å². The van der Waals surface area contributed by atoms with E-state index >= 15 is 0 Å². The lowest BCUT2D eigenvalue weighted by Gasteiger charge is -2.21.